The summed E-state index contributed by atoms with van der Waals surface area (Å²) >= 11 is 0. The molecule has 0 aromatic heterocycles. The third kappa shape index (κ3) is 9.03. The Morgan fingerprint density at radius 1 is 0.550 bits per heavy atom. The predicted octanol–water partition coefficient (Wildman–Crippen LogP) is -2.09. The van der Waals surface area contributed by atoms with Crippen LogP contribution in [0.25, 0.3) is 0 Å². The molecule has 0 aliphatic carbocycles. The van der Waals surface area contributed by atoms with Crippen LogP contribution in [-0.4, -0.2) is 133 Å². The Bertz CT molecular complexity index is 993. The zero-order valence-corrected chi connectivity index (χ0v) is 24.1. The van der Waals surface area contributed by atoms with E-state index in [1.165, 1.54) is 20.8 Å². The second kappa shape index (κ2) is 13.4. The van der Waals surface area contributed by atoms with Crippen LogP contribution in [0.2, 0.25) is 0 Å². The number of aliphatic hydroxyl groups is 4. The summed E-state index contributed by atoms with van der Waals surface area (Å²) in [7, 11) is -14.7. The number of phosphoric acid groups is 3. The molecule has 19 nitrogen and oxygen atoms in total. The van der Waals surface area contributed by atoms with Gasteiger partial charge in [-0.05, 0) is 20.8 Å². The fourth-order valence-corrected chi connectivity index (χ4v) is 6.71. The molecule has 8 N–H and O–H groups in total. The molecule has 3 rings (SSSR count). The minimum atomic E-state index is -4.95. The molecule has 14 atom stereocenters. The maximum absolute atomic E-state index is 12.5. The molecule has 0 bridgehead atoms. The summed E-state index contributed by atoms with van der Waals surface area (Å²) in [5.41, 5.74) is 0. The van der Waals surface area contributed by atoms with E-state index in [-0.39, 0.29) is 0 Å². The maximum atomic E-state index is 12.5. The number of hydrogen-bond donors (Lipinski definition) is 8. The highest BCUT2D eigenvalue weighted by Gasteiger charge is 2.50. The maximum Gasteiger partial charge on any atom is 0.472 e. The van der Waals surface area contributed by atoms with E-state index in [1.807, 2.05) is 0 Å². The summed E-state index contributed by atoms with van der Waals surface area (Å²) in [5, 5.41) is 40.4. The lowest BCUT2D eigenvalue weighted by Gasteiger charge is -2.24. The average molecular weight is 648 g/mol. The average Bonchev–Trinajstić information content (AvgIpc) is 3.36. The third-order valence-electron chi connectivity index (χ3n) is 6.46. The van der Waals surface area contributed by atoms with E-state index in [1.54, 1.807) is 0 Å². The van der Waals surface area contributed by atoms with Gasteiger partial charge in [-0.2, -0.15) is 0 Å². The van der Waals surface area contributed by atoms with Gasteiger partial charge in [0, 0.05) is 0 Å². The van der Waals surface area contributed by atoms with Gasteiger partial charge in [0.1, 0.15) is 54.9 Å². The lowest BCUT2D eigenvalue weighted by atomic mass is 10.1. The van der Waals surface area contributed by atoms with Gasteiger partial charge >= 0.3 is 23.5 Å². The van der Waals surface area contributed by atoms with Crippen LogP contribution in [0, 0.1) is 0 Å². The normalized spacial score (nSPS) is 43.6. The predicted molar refractivity (Wildman–Crippen MR) is 126 cm³/mol. The summed E-state index contributed by atoms with van der Waals surface area (Å²) < 4.78 is 75.6. The number of phosphoric ester groups is 3. The molecule has 236 valence electrons. The minimum Gasteiger partial charge on any atom is -0.388 e. The van der Waals surface area contributed by atoms with Gasteiger partial charge < -0.3 is 54.2 Å². The SMILES string of the molecule is CC1OC(COP(=O)(O)OC2C(C)OC(COP(=O)(O)OC3C(C)OC(COP(=O)(O)O)C3O)C2O)C(O)C1O. The molecule has 0 spiro atoms. The third-order valence-corrected chi connectivity index (χ3v) is 8.92. The molecule has 3 aliphatic rings. The quantitative estimate of drug-likeness (QED) is 0.0993. The summed E-state index contributed by atoms with van der Waals surface area (Å²) in [6.45, 7) is 2.10. The van der Waals surface area contributed by atoms with Crippen LogP contribution >= 0.6 is 23.5 Å². The molecule has 3 aliphatic heterocycles. The molecule has 0 aromatic rings. The Labute approximate surface area is 228 Å². The van der Waals surface area contributed by atoms with Crippen molar-refractivity contribution in [2.24, 2.45) is 0 Å². The summed E-state index contributed by atoms with van der Waals surface area (Å²) in [6, 6.07) is 0. The van der Waals surface area contributed by atoms with Gasteiger partial charge in [-0.15, -0.1) is 0 Å². The van der Waals surface area contributed by atoms with E-state index in [2.05, 4.69) is 4.52 Å². The van der Waals surface area contributed by atoms with Crippen molar-refractivity contribution in [1.82, 2.24) is 0 Å². The number of aliphatic hydroxyl groups excluding tert-OH is 4. The Hall–Kier alpha value is 0.0500. The van der Waals surface area contributed by atoms with Crippen molar-refractivity contribution < 1.29 is 90.5 Å². The smallest absolute Gasteiger partial charge is 0.388 e. The second-order valence-electron chi connectivity index (χ2n) is 9.56. The molecule has 3 saturated heterocycles. The minimum absolute atomic E-state index is 0.618. The molecule has 3 fully saturated rings. The lowest BCUT2D eigenvalue weighted by molar-refractivity contribution is -0.0312. The van der Waals surface area contributed by atoms with Gasteiger partial charge in [-0.3, -0.25) is 22.6 Å². The number of ether oxygens (including phenoxy) is 3. The van der Waals surface area contributed by atoms with Crippen LogP contribution in [0.1, 0.15) is 20.8 Å². The van der Waals surface area contributed by atoms with Gasteiger partial charge in [0.25, 0.3) is 0 Å². The second-order valence-corrected chi connectivity index (χ2v) is 13.6. The summed E-state index contributed by atoms with van der Waals surface area (Å²) in [5.74, 6) is 0. The van der Waals surface area contributed by atoms with Crippen LogP contribution in [-0.2, 0) is 50.5 Å². The monoisotopic (exact) mass is 648 g/mol. The summed E-state index contributed by atoms with van der Waals surface area (Å²) in [4.78, 5) is 37.8. The van der Waals surface area contributed by atoms with E-state index in [0.717, 1.165) is 0 Å². The van der Waals surface area contributed by atoms with Gasteiger partial charge in [-0.1, -0.05) is 0 Å². The Kier molecular flexibility index (Phi) is 11.5. The van der Waals surface area contributed by atoms with Crippen LogP contribution in [0.15, 0.2) is 0 Å². The first-order chi connectivity index (χ1) is 18.3. The van der Waals surface area contributed by atoms with Crippen LogP contribution in [0.5, 0.6) is 0 Å². The van der Waals surface area contributed by atoms with E-state index < -0.39 is 117 Å². The molecule has 3 heterocycles. The highest BCUT2D eigenvalue weighted by Crippen LogP contribution is 2.50. The van der Waals surface area contributed by atoms with E-state index in [0.29, 0.717) is 0 Å². The molecule has 0 amide bonds. The van der Waals surface area contributed by atoms with Crippen molar-refractivity contribution >= 4 is 23.5 Å². The first-order valence-corrected chi connectivity index (χ1v) is 16.5. The van der Waals surface area contributed by atoms with Crippen LogP contribution < -0.4 is 0 Å². The Morgan fingerprint density at radius 2 is 0.900 bits per heavy atom. The van der Waals surface area contributed by atoms with Crippen molar-refractivity contribution in [2.75, 3.05) is 19.8 Å². The largest absolute Gasteiger partial charge is 0.472 e. The van der Waals surface area contributed by atoms with Crippen LogP contribution in [0.4, 0.5) is 0 Å². The fraction of sp³-hybridized carbons (Fsp3) is 1.00. The molecular formula is C18H35O19P3. The van der Waals surface area contributed by atoms with Crippen molar-refractivity contribution in [1.29, 1.82) is 0 Å². The molecule has 40 heavy (non-hydrogen) atoms. The zero-order valence-electron chi connectivity index (χ0n) is 21.5. The van der Waals surface area contributed by atoms with Crippen molar-refractivity contribution in [3.63, 3.8) is 0 Å². The van der Waals surface area contributed by atoms with Crippen molar-refractivity contribution in [3.05, 3.63) is 0 Å². The van der Waals surface area contributed by atoms with Crippen molar-refractivity contribution in [2.45, 2.75) is 94.0 Å². The number of hydrogen-bond acceptors (Lipinski definition) is 15. The highest BCUT2D eigenvalue weighted by atomic mass is 31.2. The van der Waals surface area contributed by atoms with E-state index in [4.69, 9.17) is 42.1 Å². The fourth-order valence-electron chi connectivity index (χ4n) is 4.36. The standard InChI is InChI=1S/C18H35O19P3/c1-7-13(19)14(20)10(33-7)5-31-39(26,27)37-18-9(3)35-12(16(18)22)6-32-40(28,29)36-17-8(2)34-11(15(17)21)4-30-38(23,24)25/h7-22H,4-6H2,1-3H3,(H,26,27)(H,28,29)(H2,23,24,25). The molecule has 0 saturated carbocycles. The Morgan fingerprint density at radius 3 is 1.25 bits per heavy atom. The first kappa shape index (κ1) is 34.5. The topological polar surface area (TPSA) is 287 Å². The highest BCUT2D eigenvalue weighted by molar-refractivity contribution is 7.47. The lowest BCUT2D eigenvalue weighted by Crippen LogP contribution is -2.37. The van der Waals surface area contributed by atoms with Crippen LogP contribution in [0.3, 0.4) is 0 Å². The molecule has 22 heteroatoms. The first-order valence-electron chi connectivity index (χ1n) is 12.0. The van der Waals surface area contributed by atoms with E-state index in [9.17, 15) is 43.9 Å². The van der Waals surface area contributed by atoms with Gasteiger partial charge in [0.15, 0.2) is 0 Å². The zero-order chi connectivity index (χ0) is 30.2. The molecule has 0 radical (unpaired) electrons. The van der Waals surface area contributed by atoms with E-state index >= 15 is 0 Å². The molecule has 14 unspecified atom stereocenters. The van der Waals surface area contributed by atoms with Gasteiger partial charge in [0.05, 0.1) is 38.1 Å². The van der Waals surface area contributed by atoms with Crippen molar-refractivity contribution in [3.8, 4) is 0 Å². The number of rotatable bonds is 13. The molecular weight excluding hydrogens is 613 g/mol. The van der Waals surface area contributed by atoms with Gasteiger partial charge in [-0.25, -0.2) is 13.7 Å². The Balaban J connectivity index is 1.49. The molecule has 0 aromatic carbocycles. The summed E-state index contributed by atoms with van der Waals surface area (Å²) in [6.07, 6.45) is -15.3. The van der Waals surface area contributed by atoms with Gasteiger partial charge in [0.2, 0.25) is 0 Å².